The molecule has 0 saturated heterocycles. The number of unbranched alkanes of at least 4 members (excludes halogenated alkanes) is 20. The Bertz CT molecular complexity index is 2470. The number of esters is 4. The first-order valence-electron chi connectivity index (χ1n) is 38.1. The molecule has 19 heteroatoms. The lowest BCUT2D eigenvalue weighted by Crippen LogP contribution is -2.30. The number of ether oxygens (including phenoxy) is 4. The van der Waals surface area contributed by atoms with Gasteiger partial charge in [-0.1, -0.05) is 270 Å². The standard InChI is InChI=1S/C81H134O17P2/c1-5-9-13-17-21-25-29-32-35-36-37-38-41-43-47-50-54-58-62-66-79(84)92-72-77(98-81(86)68-64-60-56-52-48-44-40-34-31-27-23-19-15-11-7-3)74-96-100(89,90)94-70-75(82)69-93-99(87,88)95-73-76(97-80(85)67-63-59-55-51-45-28-24-20-16-12-8-4)71-91-78(83)65-61-57-53-49-46-42-39-33-30-26-22-18-14-10-6-2/h9-10,13-14,21-23,25-27,32-35,37-40,43,46-47,49,54,58,75-77,82H,5-8,11-12,15-20,24,28-31,36,41-42,44-45,48,50-53,55-57,59-74H2,1-4H3,(H,87,88)(H,89,90)/b13-9-,14-10-,25-21-,26-22-,27-23-,35-32-,38-37-,39-33-,40-34-,47-43-,49-46-,58-54-. The molecule has 0 rings (SSSR count). The van der Waals surface area contributed by atoms with Gasteiger partial charge in [0.15, 0.2) is 12.2 Å². The van der Waals surface area contributed by atoms with E-state index in [1.54, 1.807) is 0 Å². The molecular formula is C81H134O17P2. The molecule has 3 N–H and O–H groups in total. The van der Waals surface area contributed by atoms with Gasteiger partial charge in [0, 0.05) is 25.7 Å². The summed E-state index contributed by atoms with van der Waals surface area (Å²) in [4.78, 5) is 72.8. The number of hydrogen-bond donors (Lipinski definition) is 3. The lowest BCUT2D eigenvalue weighted by molar-refractivity contribution is -0.161. The molecule has 0 aromatic carbocycles. The number of hydrogen-bond acceptors (Lipinski definition) is 15. The highest BCUT2D eigenvalue weighted by Gasteiger charge is 2.30. The van der Waals surface area contributed by atoms with Crippen LogP contribution in [0, 0.1) is 0 Å². The van der Waals surface area contributed by atoms with E-state index in [-0.39, 0.29) is 25.7 Å². The van der Waals surface area contributed by atoms with Gasteiger partial charge in [0.05, 0.1) is 26.4 Å². The maximum Gasteiger partial charge on any atom is 0.472 e. The lowest BCUT2D eigenvalue weighted by atomic mass is 10.1. The Labute approximate surface area is 605 Å². The third-order valence-corrected chi connectivity index (χ3v) is 17.2. The number of rotatable bonds is 70. The van der Waals surface area contributed by atoms with E-state index in [2.05, 4.69) is 155 Å². The molecule has 0 fully saturated rings. The summed E-state index contributed by atoms with van der Waals surface area (Å²) >= 11 is 0. The normalized spacial score (nSPS) is 14.8. The lowest BCUT2D eigenvalue weighted by Gasteiger charge is -2.21. The smallest absolute Gasteiger partial charge is 0.462 e. The van der Waals surface area contributed by atoms with Crippen LogP contribution in [0.4, 0.5) is 0 Å². The second-order valence-electron chi connectivity index (χ2n) is 24.8. The van der Waals surface area contributed by atoms with Crippen LogP contribution in [-0.2, 0) is 65.4 Å². The van der Waals surface area contributed by atoms with Gasteiger partial charge in [-0.2, -0.15) is 0 Å². The van der Waals surface area contributed by atoms with E-state index >= 15 is 0 Å². The van der Waals surface area contributed by atoms with E-state index in [1.807, 2.05) is 18.2 Å². The minimum Gasteiger partial charge on any atom is -0.462 e. The average Bonchev–Trinajstić information content (AvgIpc) is 0.985. The topological polar surface area (TPSA) is 237 Å². The Kier molecular flexibility index (Phi) is 68.6. The highest BCUT2D eigenvalue weighted by molar-refractivity contribution is 7.47. The van der Waals surface area contributed by atoms with Gasteiger partial charge < -0.3 is 33.8 Å². The molecule has 0 saturated carbocycles. The van der Waals surface area contributed by atoms with Gasteiger partial charge >= 0.3 is 39.5 Å². The second kappa shape index (κ2) is 72.3. The van der Waals surface area contributed by atoms with Gasteiger partial charge in [-0.05, 0) is 135 Å². The molecule has 0 aromatic heterocycles. The zero-order valence-corrected chi connectivity index (χ0v) is 63.9. The van der Waals surface area contributed by atoms with Crippen molar-refractivity contribution in [3.63, 3.8) is 0 Å². The van der Waals surface area contributed by atoms with Crippen LogP contribution in [0.3, 0.4) is 0 Å². The molecule has 0 amide bonds. The molecule has 17 nitrogen and oxygen atoms in total. The average molecular weight is 1440 g/mol. The van der Waals surface area contributed by atoms with Gasteiger partial charge in [-0.15, -0.1) is 0 Å². The predicted molar refractivity (Wildman–Crippen MR) is 408 cm³/mol. The molecule has 0 aromatic rings. The van der Waals surface area contributed by atoms with Crippen molar-refractivity contribution in [2.75, 3.05) is 39.6 Å². The summed E-state index contributed by atoms with van der Waals surface area (Å²) in [5.41, 5.74) is 0. The van der Waals surface area contributed by atoms with Gasteiger partial charge in [0.2, 0.25) is 0 Å². The third-order valence-electron chi connectivity index (χ3n) is 15.3. The first-order chi connectivity index (χ1) is 48.7. The zero-order valence-electron chi connectivity index (χ0n) is 62.1. The number of phosphoric ester groups is 2. The Morgan fingerprint density at radius 2 is 0.540 bits per heavy atom. The van der Waals surface area contributed by atoms with Crippen LogP contribution >= 0.6 is 15.6 Å². The molecule has 0 heterocycles. The van der Waals surface area contributed by atoms with E-state index in [0.29, 0.717) is 32.1 Å². The Morgan fingerprint density at radius 1 is 0.290 bits per heavy atom. The van der Waals surface area contributed by atoms with Crippen molar-refractivity contribution in [3.05, 3.63) is 146 Å². The van der Waals surface area contributed by atoms with Crippen LogP contribution in [0.1, 0.15) is 285 Å². The SMILES string of the molecule is CC/C=C\C/C=C\C/C=C\C/C=C\C/C=C\C/C=C\CCC(=O)OCC(COP(=O)(O)OCC(O)COP(=O)(O)OCC(COC(=O)CCCC/C=C\C/C=C\C/C=C\C/C=C\CC)OC(=O)CCCCCCCCCCCCC)OC(=O)CCCCCCC/C=C\C/C=C\CCCCC. The van der Waals surface area contributed by atoms with Crippen molar-refractivity contribution in [1.29, 1.82) is 0 Å². The molecule has 0 radical (unpaired) electrons. The van der Waals surface area contributed by atoms with Crippen LogP contribution in [0.15, 0.2) is 146 Å². The summed E-state index contributed by atoms with van der Waals surface area (Å²) in [6.45, 7) is 4.45. The summed E-state index contributed by atoms with van der Waals surface area (Å²) in [5.74, 6) is -2.34. The van der Waals surface area contributed by atoms with Gasteiger partial charge in [-0.25, -0.2) is 9.13 Å². The fraction of sp³-hybridized carbons (Fsp3) is 0.654. The van der Waals surface area contributed by atoms with Crippen molar-refractivity contribution in [1.82, 2.24) is 0 Å². The van der Waals surface area contributed by atoms with Crippen molar-refractivity contribution in [2.24, 2.45) is 0 Å². The van der Waals surface area contributed by atoms with Gasteiger partial charge in [-0.3, -0.25) is 37.3 Å². The van der Waals surface area contributed by atoms with Gasteiger partial charge in [0.25, 0.3) is 0 Å². The predicted octanol–water partition coefficient (Wildman–Crippen LogP) is 21.9. The molecule has 0 aliphatic heterocycles. The second-order valence-corrected chi connectivity index (χ2v) is 27.7. The highest BCUT2D eigenvalue weighted by atomic mass is 31.2. The number of carbonyl (C=O) groups is 4. The first-order valence-corrected chi connectivity index (χ1v) is 41.1. The van der Waals surface area contributed by atoms with Crippen LogP contribution < -0.4 is 0 Å². The highest BCUT2D eigenvalue weighted by Crippen LogP contribution is 2.45. The van der Waals surface area contributed by atoms with E-state index in [9.17, 15) is 43.2 Å². The summed E-state index contributed by atoms with van der Waals surface area (Å²) in [6, 6.07) is 0. The first kappa shape index (κ1) is 94.9. The Morgan fingerprint density at radius 3 is 0.900 bits per heavy atom. The van der Waals surface area contributed by atoms with E-state index in [4.69, 9.17) is 37.0 Å². The van der Waals surface area contributed by atoms with E-state index in [0.717, 1.165) is 141 Å². The summed E-state index contributed by atoms with van der Waals surface area (Å²) < 4.78 is 68.3. The third kappa shape index (κ3) is 71.3. The molecule has 0 aliphatic rings. The molecule has 5 unspecified atom stereocenters. The maximum absolute atomic E-state index is 13.1. The molecular weight excluding hydrogens is 1310 g/mol. The van der Waals surface area contributed by atoms with Gasteiger partial charge in [0.1, 0.15) is 19.3 Å². The van der Waals surface area contributed by atoms with Crippen molar-refractivity contribution in [3.8, 4) is 0 Å². The van der Waals surface area contributed by atoms with Crippen molar-refractivity contribution >= 4 is 39.5 Å². The number of aliphatic hydroxyl groups excluding tert-OH is 1. The van der Waals surface area contributed by atoms with E-state index in [1.165, 1.54) is 57.8 Å². The Balaban J connectivity index is 5.44. The molecule has 0 aliphatic carbocycles. The molecule has 0 bridgehead atoms. The largest absolute Gasteiger partial charge is 0.472 e. The fourth-order valence-electron chi connectivity index (χ4n) is 9.56. The summed E-state index contributed by atoms with van der Waals surface area (Å²) in [7, 11) is -9.99. The van der Waals surface area contributed by atoms with Crippen molar-refractivity contribution in [2.45, 2.75) is 303 Å². The number of phosphoric acid groups is 2. The monoisotopic (exact) mass is 1440 g/mol. The number of aliphatic hydroxyl groups is 1. The summed E-state index contributed by atoms with van der Waals surface area (Å²) in [6.07, 6.45) is 81.5. The molecule has 0 spiro atoms. The minimum absolute atomic E-state index is 0.0287. The fourth-order valence-corrected chi connectivity index (χ4v) is 11.1. The van der Waals surface area contributed by atoms with Crippen LogP contribution in [0.5, 0.6) is 0 Å². The van der Waals surface area contributed by atoms with Crippen LogP contribution in [0.25, 0.3) is 0 Å². The quantitative estimate of drug-likeness (QED) is 0.0169. The molecule has 5 atom stereocenters. The Hall–Kier alpha value is -5.06. The van der Waals surface area contributed by atoms with Crippen molar-refractivity contribution < 1.29 is 80.2 Å². The van der Waals surface area contributed by atoms with Crippen LogP contribution in [0.2, 0.25) is 0 Å². The van der Waals surface area contributed by atoms with E-state index < -0.39 is 97.5 Å². The number of carbonyl (C=O) groups excluding carboxylic acids is 4. The van der Waals surface area contributed by atoms with Crippen LogP contribution in [-0.4, -0.2) is 96.7 Å². The summed E-state index contributed by atoms with van der Waals surface area (Å²) in [5, 5.41) is 10.6. The minimum atomic E-state index is -5.00. The zero-order chi connectivity index (χ0) is 73.2. The molecule has 100 heavy (non-hydrogen) atoms. The molecule has 570 valence electrons. The number of allylic oxidation sites excluding steroid dienone is 24. The maximum atomic E-state index is 13.1.